The van der Waals surface area contributed by atoms with Crippen molar-refractivity contribution in [1.82, 2.24) is 10.2 Å². The number of benzene rings is 1. The average molecular weight is 308 g/mol. The van der Waals surface area contributed by atoms with Crippen LogP contribution in [0.3, 0.4) is 0 Å². The molecule has 0 amide bonds. The van der Waals surface area contributed by atoms with Gasteiger partial charge in [0.15, 0.2) is 0 Å². The molecule has 1 fully saturated rings. The third kappa shape index (κ3) is 5.89. The molecule has 118 valence electrons. The second-order valence-electron chi connectivity index (χ2n) is 6.10. The van der Waals surface area contributed by atoms with Crippen molar-refractivity contribution < 1.29 is 4.21 Å². The van der Waals surface area contributed by atoms with Gasteiger partial charge < -0.3 is 5.32 Å². The molecule has 0 aliphatic carbocycles. The van der Waals surface area contributed by atoms with Crippen molar-refractivity contribution in [3.63, 3.8) is 0 Å². The maximum atomic E-state index is 11.3. The Balaban J connectivity index is 1.89. The van der Waals surface area contributed by atoms with Crippen LogP contribution in [0.4, 0.5) is 0 Å². The van der Waals surface area contributed by atoms with E-state index in [2.05, 4.69) is 47.5 Å². The summed E-state index contributed by atoms with van der Waals surface area (Å²) in [5, 5.41) is 3.68. The summed E-state index contributed by atoms with van der Waals surface area (Å²) in [6.07, 6.45) is 5.12. The molecule has 0 spiro atoms. The van der Waals surface area contributed by atoms with Crippen LogP contribution in [0, 0.1) is 0 Å². The summed E-state index contributed by atoms with van der Waals surface area (Å²) < 4.78 is 11.3. The van der Waals surface area contributed by atoms with Crippen LogP contribution in [0.1, 0.15) is 25.3 Å². The molecule has 4 heteroatoms. The maximum absolute atomic E-state index is 11.3. The zero-order valence-electron chi connectivity index (χ0n) is 13.3. The summed E-state index contributed by atoms with van der Waals surface area (Å²) >= 11 is 0. The largest absolute Gasteiger partial charge is 0.312 e. The van der Waals surface area contributed by atoms with E-state index in [4.69, 9.17) is 0 Å². The van der Waals surface area contributed by atoms with Crippen molar-refractivity contribution in [3.05, 3.63) is 35.9 Å². The molecule has 1 aliphatic rings. The van der Waals surface area contributed by atoms with E-state index in [0.29, 0.717) is 12.1 Å². The minimum Gasteiger partial charge on any atom is -0.312 e. The fraction of sp³-hybridized carbons (Fsp3) is 0.647. The fourth-order valence-corrected chi connectivity index (χ4v) is 3.66. The molecular formula is C17H28N2OS. The van der Waals surface area contributed by atoms with E-state index in [1.807, 2.05) is 0 Å². The van der Waals surface area contributed by atoms with Crippen molar-refractivity contribution in [3.8, 4) is 0 Å². The van der Waals surface area contributed by atoms with Gasteiger partial charge in [-0.3, -0.25) is 9.11 Å². The Kier molecular flexibility index (Phi) is 6.87. The first-order chi connectivity index (χ1) is 10.1. The predicted molar refractivity (Wildman–Crippen MR) is 91.1 cm³/mol. The SMILES string of the molecule is CC(CCS(C)=O)N1CCCNC(Cc2ccccc2)C1. The van der Waals surface area contributed by atoms with Crippen LogP contribution in [0.15, 0.2) is 30.3 Å². The Bertz CT molecular complexity index is 438. The van der Waals surface area contributed by atoms with Crippen LogP contribution in [0.2, 0.25) is 0 Å². The molecule has 3 atom stereocenters. The first-order valence-corrected chi connectivity index (χ1v) is 9.69. The zero-order valence-corrected chi connectivity index (χ0v) is 14.1. The highest BCUT2D eigenvalue weighted by Gasteiger charge is 2.21. The van der Waals surface area contributed by atoms with Gasteiger partial charge in [-0.2, -0.15) is 0 Å². The van der Waals surface area contributed by atoms with Gasteiger partial charge in [0, 0.05) is 41.4 Å². The van der Waals surface area contributed by atoms with Gasteiger partial charge in [-0.25, -0.2) is 0 Å². The van der Waals surface area contributed by atoms with Crippen molar-refractivity contribution in [2.45, 2.75) is 38.3 Å². The Labute approximate surface area is 131 Å². The molecule has 1 N–H and O–H groups in total. The second-order valence-corrected chi connectivity index (χ2v) is 7.66. The van der Waals surface area contributed by atoms with E-state index in [9.17, 15) is 4.21 Å². The van der Waals surface area contributed by atoms with Crippen LogP contribution in [-0.2, 0) is 17.2 Å². The smallest absolute Gasteiger partial charge is 0.0246 e. The van der Waals surface area contributed by atoms with E-state index < -0.39 is 10.8 Å². The quantitative estimate of drug-likeness (QED) is 0.873. The Morgan fingerprint density at radius 1 is 1.38 bits per heavy atom. The number of rotatable bonds is 6. The molecular weight excluding hydrogens is 280 g/mol. The van der Waals surface area contributed by atoms with E-state index in [-0.39, 0.29) is 0 Å². The summed E-state index contributed by atoms with van der Waals surface area (Å²) in [6, 6.07) is 11.8. The van der Waals surface area contributed by atoms with Gasteiger partial charge >= 0.3 is 0 Å². The first-order valence-electron chi connectivity index (χ1n) is 7.96. The lowest BCUT2D eigenvalue weighted by Crippen LogP contribution is -2.43. The molecule has 1 aromatic rings. The molecule has 1 aromatic carbocycles. The molecule has 1 saturated heterocycles. The van der Waals surface area contributed by atoms with Gasteiger partial charge in [0.1, 0.15) is 0 Å². The van der Waals surface area contributed by atoms with Crippen LogP contribution in [-0.4, -0.2) is 52.8 Å². The summed E-state index contributed by atoms with van der Waals surface area (Å²) in [7, 11) is -0.677. The minimum atomic E-state index is -0.677. The molecule has 0 aromatic heterocycles. The number of nitrogens with one attached hydrogen (secondary N) is 1. The molecule has 1 heterocycles. The lowest BCUT2D eigenvalue weighted by Gasteiger charge is -2.30. The van der Waals surface area contributed by atoms with Gasteiger partial charge in [0.25, 0.3) is 0 Å². The highest BCUT2D eigenvalue weighted by molar-refractivity contribution is 7.84. The maximum Gasteiger partial charge on any atom is 0.0246 e. The Morgan fingerprint density at radius 3 is 2.86 bits per heavy atom. The van der Waals surface area contributed by atoms with Crippen LogP contribution >= 0.6 is 0 Å². The van der Waals surface area contributed by atoms with Gasteiger partial charge in [-0.15, -0.1) is 0 Å². The summed E-state index contributed by atoms with van der Waals surface area (Å²) in [4.78, 5) is 2.57. The van der Waals surface area contributed by atoms with Gasteiger partial charge in [-0.1, -0.05) is 30.3 Å². The van der Waals surface area contributed by atoms with E-state index in [1.54, 1.807) is 6.26 Å². The molecule has 3 nitrogen and oxygen atoms in total. The third-order valence-electron chi connectivity index (χ3n) is 4.28. The summed E-state index contributed by atoms with van der Waals surface area (Å²) in [5.41, 5.74) is 1.40. The molecule has 2 rings (SSSR count). The van der Waals surface area contributed by atoms with Crippen LogP contribution in [0.5, 0.6) is 0 Å². The summed E-state index contributed by atoms with van der Waals surface area (Å²) in [6.45, 7) is 5.61. The van der Waals surface area contributed by atoms with Gasteiger partial charge in [-0.05, 0) is 44.8 Å². The molecule has 3 unspecified atom stereocenters. The highest BCUT2D eigenvalue weighted by atomic mass is 32.2. The molecule has 0 saturated carbocycles. The van der Waals surface area contributed by atoms with Crippen molar-refractivity contribution in [2.75, 3.05) is 31.6 Å². The van der Waals surface area contributed by atoms with E-state index in [1.165, 1.54) is 12.0 Å². The van der Waals surface area contributed by atoms with E-state index in [0.717, 1.165) is 38.2 Å². The summed E-state index contributed by atoms with van der Waals surface area (Å²) in [5.74, 6) is 0.814. The molecule has 0 bridgehead atoms. The molecule has 0 radical (unpaired) electrons. The minimum absolute atomic E-state index is 0.518. The Hall–Kier alpha value is -0.710. The first kappa shape index (κ1) is 16.7. The number of nitrogens with zero attached hydrogens (tertiary/aromatic N) is 1. The van der Waals surface area contributed by atoms with Crippen LogP contribution in [0.25, 0.3) is 0 Å². The fourth-order valence-electron chi connectivity index (χ4n) is 2.98. The lowest BCUT2D eigenvalue weighted by atomic mass is 10.1. The van der Waals surface area contributed by atoms with Gasteiger partial charge in [0.2, 0.25) is 0 Å². The van der Waals surface area contributed by atoms with E-state index >= 15 is 0 Å². The zero-order chi connectivity index (χ0) is 15.1. The average Bonchev–Trinajstić information content (AvgIpc) is 2.71. The van der Waals surface area contributed by atoms with Crippen LogP contribution < -0.4 is 5.32 Å². The topological polar surface area (TPSA) is 32.3 Å². The lowest BCUT2D eigenvalue weighted by molar-refractivity contribution is 0.201. The number of hydrogen-bond donors (Lipinski definition) is 1. The normalized spacial score (nSPS) is 23.4. The van der Waals surface area contributed by atoms with Crippen molar-refractivity contribution in [1.29, 1.82) is 0 Å². The number of hydrogen-bond acceptors (Lipinski definition) is 3. The van der Waals surface area contributed by atoms with Gasteiger partial charge in [0.05, 0.1) is 0 Å². The standard InChI is InChI=1S/C17H28N2OS/c1-15(9-12-21(2)20)19-11-6-10-18-17(14-19)13-16-7-4-3-5-8-16/h3-5,7-8,15,17-18H,6,9-14H2,1-2H3. The Morgan fingerprint density at radius 2 is 2.14 bits per heavy atom. The third-order valence-corrected chi connectivity index (χ3v) is 5.09. The predicted octanol–water partition coefficient (Wildman–Crippen LogP) is 2.05. The molecule has 1 aliphatic heterocycles. The molecule has 21 heavy (non-hydrogen) atoms. The highest BCUT2D eigenvalue weighted by Crippen LogP contribution is 2.12. The second kappa shape index (κ2) is 8.66. The van der Waals surface area contributed by atoms with Crippen molar-refractivity contribution in [2.24, 2.45) is 0 Å². The van der Waals surface area contributed by atoms with Crippen molar-refractivity contribution >= 4 is 10.8 Å². The monoisotopic (exact) mass is 308 g/mol.